The van der Waals surface area contributed by atoms with Crippen molar-refractivity contribution in [2.75, 3.05) is 0 Å². The Kier molecular flexibility index (Phi) is 5.38. The standard InChI is InChI=1S/C18H20N2OSi2/c1-3-22(4-2,17-11-7-5-8-12-17)21-23(15-19,16-20)18-13-9-6-10-14-18/h3-16,19-20H,1-2H2. The molecular formula is C18H20N2OSi2. The van der Waals surface area contributed by atoms with Crippen molar-refractivity contribution in [2.24, 2.45) is 0 Å². The summed E-state index contributed by atoms with van der Waals surface area (Å²) in [6, 6.07) is 19.4. The van der Waals surface area contributed by atoms with E-state index in [1.54, 1.807) is 0 Å². The van der Waals surface area contributed by atoms with Gasteiger partial charge in [0.1, 0.15) is 0 Å². The van der Waals surface area contributed by atoms with Gasteiger partial charge < -0.3 is 14.9 Å². The first-order valence-corrected chi connectivity index (χ1v) is 11.4. The van der Waals surface area contributed by atoms with E-state index in [9.17, 15) is 0 Å². The predicted octanol–water partition coefficient (Wildman–Crippen LogP) is 2.54. The van der Waals surface area contributed by atoms with Crippen LogP contribution in [0, 0.1) is 10.8 Å². The van der Waals surface area contributed by atoms with Gasteiger partial charge in [-0.1, -0.05) is 72.1 Å². The Morgan fingerprint density at radius 2 is 1.09 bits per heavy atom. The fraction of sp³-hybridized carbons (Fsp3) is 0. The molecule has 0 saturated heterocycles. The summed E-state index contributed by atoms with van der Waals surface area (Å²) in [4.78, 5) is 0. The molecule has 5 heteroatoms. The fourth-order valence-electron chi connectivity index (χ4n) is 2.46. The molecule has 0 aromatic heterocycles. The molecule has 0 bridgehead atoms. The van der Waals surface area contributed by atoms with Crippen molar-refractivity contribution in [3.8, 4) is 0 Å². The van der Waals surface area contributed by atoms with Gasteiger partial charge in [-0.15, -0.1) is 13.2 Å². The van der Waals surface area contributed by atoms with Gasteiger partial charge in [0.05, 0.1) is 0 Å². The number of hydrogen-bond donors (Lipinski definition) is 2. The highest BCUT2D eigenvalue weighted by atomic mass is 28.4. The molecule has 0 heterocycles. The molecule has 2 aromatic rings. The molecule has 0 aliphatic carbocycles. The third-order valence-corrected chi connectivity index (χ3v) is 11.1. The smallest absolute Gasteiger partial charge is 0.299 e. The summed E-state index contributed by atoms with van der Waals surface area (Å²) in [5, 5.41) is 17.8. The van der Waals surface area contributed by atoms with Crippen molar-refractivity contribution in [2.45, 2.75) is 0 Å². The molecule has 0 saturated carbocycles. The summed E-state index contributed by atoms with van der Waals surface area (Å²) in [5.41, 5.74) is 3.63. The number of nitrogens with one attached hydrogen (secondary N) is 2. The summed E-state index contributed by atoms with van der Waals surface area (Å²) in [5.74, 6) is 2.60. The number of benzene rings is 2. The topological polar surface area (TPSA) is 56.9 Å². The van der Waals surface area contributed by atoms with Crippen molar-refractivity contribution in [3.63, 3.8) is 0 Å². The van der Waals surface area contributed by atoms with Crippen molar-refractivity contribution >= 4 is 38.7 Å². The second kappa shape index (κ2) is 7.28. The van der Waals surface area contributed by atoms with E-state index in [-0.39, 0.29) is 0 Å². The zero-order valence-electron chi connectivity index (χ0n) is 12.9. The van der Waals surface area contributed by atoms with Crippen LogP contribution in [0.1, 0.15) is 0 Å². The Bertz CT molecular complexity index is 624. The maximum Gasteiger partial charge on any atom is 0.299 e. The van der Waals surface area contributed by atoms with E-state index in [4.69, 9.17) is 14.9 Å². The number of hydrogen-bond acceptors (Lipinski definition) is 3. The first-order chi connectivity index (χ1) is 11.2. The zero-order chi connectivity index (χ0) is 16.8. The Hall–Kier alpha value is -2.35. The average Bonchev–Trinajstić information content (AvgIpc) is 2.65. The molecule has 0 unspecified atom stereocenters. The molecule has 2 N–H and O–H groups in total. The van der Waals surface area contributed by atoms with E-state index >= 15 is 0 Å². The highest BCUT2D eigenvalue weighted by Gasteiger charge is 2.43. The van der Waals surface area contributed by atoms with E-state index in [1.165, 1.54) is 11.7 Å². The molecule has 0 spiro atoms. The Morgan fingerprint density at radius 1 is 0.696 bits per heavy atom. The van der Waals surface area contributed by atoms with Crippen LogP contribution < -0.4 is 10.4 Å². The van der Waals surface area contributed by atoms with Crippen molar-refractivity contribution < 1.29 is 4.12 Å². The molecule has 0 aliphatic rings. The van der Waals surface area contributed by atoms with Crippen molar-refractivity contribution in [1.29, 1.82) is 10.8 Å². The van der Waals surface area contributed by atoms with Crippen LogP contribution in [0.15, 0.2) is 85.2 Å². The lowest BCUT2D eigenvalue weighted by atomic mass is 10.4. The molecule has 0 fully saturated rings. The predicted molar refractivity (Wildman–Crippen MR) is 103 cm³/mol. The van der Waals surface area contributed by atoms with Gasteiger partial charge in [-0.05, 0) is 10.4 Å². The third kappa shape index (κ3) is 3.21. The lowest BCUT2D eigenvalue weighted by Gasteiger charge is -2.34. The van der Waals surface area contributed by atoms with Crippen LogP contribution in [0.25, 0.3) is 0 Å². The molecule has 3 nitrogen and oxygen atoms in total. The van der Waals surface area contributed by atoms with Gasteiger partial charge >= 0.3 is 0 Å². The second-order valence-corrected chi connectivity index (χ2v) is 11.7. The molecule has 0 aliphatic heterocycles. The molecule has 0 amide bonds. The highest BCUT2D eigenvalue weighted by Crippen LogP contribution is 2.15. The molecule has 23 heavy (non-hydrogen) atoms. The molecule has 0 radical (unpaired) electrons. The van der Waals surface area contributed by atoms with Crippen LogP contribution in [0.4, 0.5) is 0 Å². The van der Waals surface area contributed by atoms with Crippen LogP contribution in [0.2, 0.25) is 0 Å². The summed E-state index contributed by atoms with van der Waals surface area (Å²) < 4.78 is 6.55. The Balaban J connectivity index is 2.57. The van der Waals surface area contributed by atoms with E-state index in [0.29, 0.717) is 0 Å². The van der Waals surface area contributed by atoms with Gasteiger partial charge in [-0.25, -0.2) is 0 Å². The first-order valence-electron chi connectivity index (χ1n) is 7.28. The molecule has 2 rings (SSSR count). The van der Waals surface area contributed by atoms with Crippen LogP contribution >= 0.6 is 0 Å². The van der Waals surface area contributed by atoms with Gasteiger partial charge in [-0.2, -0.15) is 0 Å². The lowest BCUT2D eigenvalue weighted by molar-refractivity contribution is 0.607. The SMILES string of the molecule is C=C[Si](C=C)(O[Si](C=N)(C=N)c1ccccc1)c1ccccc1. The van der Waals surface area contributed by atoms with Gasteiger partial charge in [0, 0.05) is 11.7 Å². The maximum atomic E-state index is 7.95. The van der Waals surface area contributed by atoms with Crippen LogP contribution in [-0.2, 0) is 4.12 Å². The Labute approximate surface area is 139 Å². The fourth-order valence-corrected chi connectivity index (χ4v) is 9.26. The van der Waals surface area contributed by atoms with Gasteiger partial charge in [0.15, 0.2) is 0 Å². The summed E-state index contributed by atoms with van der Waals surface area (Å²) in [6.07, 6.45) is 0. The monoisotopic (exact) mass is 336 g/mol. The van der Waals surface area contributed by atoms with Gasteiger partial charge in [0.25, 0.3) is 16.6 Å². The highest BCUT2D eigenvalue weighted by molar-refractivity contribution is 7.26. The molecular weight excluding hydrogens is 316 g/mol. The van der Waals surface area contributed by atoms with E-state index in [1.807, 2.05) is 72.1 Å². The second-order valence-electron chi connectivity index (χ2n) is 5.12. The largest absolute Gasteiger partial charge is 0.435 e. The zero-order valence-corrected chi connectivity index (χ0v) is 14.9. The quantitative estimate of drug-likeness (QED) is 0.565. The molecule has 116 valence electrons. The van der Waals surface area contributed by atoms with Crippen molar-refractivity contribution in [3.05, 3.63) is 85.2 Å². The van der Waals surface area contributed by atoms with Gasteiger partial charge in [0.2, 0.25) is 0 Å². The Morgan fingerprint density at radius 3 is 1.43 bits per heavy atom. The lowest BCUT2D eigenvalue weighted by Crippen LogP contribution is -2.64. The van der Waals surface area contributed by atoms with E-state index in [0.717, 1.165) is 10.4 Å². The molecule has 0 atom stereocenters. The minimum atomic E-state index is -2.98. The summed E-state index contributed by atoms with van der Waals surface area (Å²) >= 11 is 0. The number of rotatable bonds is 8. The first kappa shape index (κ1) is 17.0. The minimum Gasteiger partial charge on any atom is -0.435 e. The average molecular weight is 337 g/mol. The third-order valence-electron chi connectivity index (χ3n) is 3.82. The maximum absolute atomic E-state index is 7.95. The van der Waals surface area contributed by atoms with Crippen LogP contribution in [0.5, 0.6) is 0 Å². The summed E-state index contributed by atoms with van der Waals surface area (Å²) in [6.45, 7) is 7.93. The van der Waals surface area contributed by atoms with E-state index < -0.39 is 16.6 Å². The van der Waals surface area contributed by atoms with Crippen LogP contribution in [-0.4, -0.2) is 28.3 Å². The van der Waals surface area contributed by atoms with Gasteiger partial charge in [-0.3, -0.25) is 0 Å². The van der Waals surface area contributed by atoms with Crippen molar-refractivity contribution in [1.82, 2.24) is 0 Å². The minimum absolute atomic E-state index is 0.876. The molecule has 2 aromatic carbocycles. The normalized spacial score (nSPS) is 13.6. The van der Waals surface area contributed by atoms with Crippen LogP contribution in [0.3, 0.4) is 0 Å². The summed E-state index contributed by atoms with van der Waals surface area (Å²) in [7, 11) is -5.67. The van der Waals surface area contributed by atoms with E-state index in [2.05, 4.69) is 13.2 Å².